The molecule has 110 valence electrons. The number of methoxy groups -OCH3 is 2. The van der Waals surface area contributed by atoms with Crippen LogP contribution in [0.1, 0.15) is 0 Å². The maximum absolute atomic E-state index is 13.0. The lowest BCUT2D eigenvalue weighted by atomic mass is 9.78. The minimum absolute atomic E-state index is 0.417. The molecule has 2 unspecified atom stereocenters. The number of halogens is 3. The largest absolute Gasteiger partial charge is 0.392 e. The predicted molar refractivity (Wildman–Crippen MR) is 73.1 cm³/mol. The van der Waals surface area contributed by atoms with Gasteiger partial charge < -0.3 is 14.6 Å². The molecule has 3 saturated carbocycles. The van der Waals surface area contributed by atoms with Crippen LogP contribution in [0.25, 0.3) is 0 Å². The average molecular weight is 340 g/mol. The highest BCUT2D eigenvalue weighted by molar-refractivity contribution is 6.55. The molecule has 0 heterocycles. The monoisotopic (exact) mass is 338 g/mol. The molecule has 20 heavy (non-hydrogen) atoms. The SMILES string of the molecule is COC1(OC)[C@@]2(Cl)C(=O)[C@]3(Cl)C4C=C[C@H]2C([C@@H]4O)[C@]13Cl. The number of rotatable bonds is 2. The van der Waals surface area contributed by atoms with Crippen molar-refractivity contribution >= 4 is 40.6 Å². The highest BCUT2D eigenvalue weighted by Crippen LogP contribution is 2.81. The third kappa shape index (κ3) is 0.832. The molecule has 7 atom stereocenters. The maximum atomic E-state index is 13.0. The highest BCUT2D eigenvalue weighted by Gasteiger charge is 2.98. The number of carbonyl (C=O) groups is 1. The minimum atomic E-state index is -1.56. The summed E-state index contributed by atoms with van der Waals surface area (Å²) in [6.07, 6.45) is 2.73. The molecule has 4 rings (SSSR count). The highest BCUT2D eigenvalue weighted by atomic mass is 35.5. The molecule has 0 aromatic rings. The van der Waals surface area contributed by atoms with Crippen molar-refractivity contribution in [2.24, 2.45) is 17.8 Å². The van der Waals surface area contributed by atoms with Crippen molar-refractivity contribution < 1.29 is 19.4 Å². The standard InChI is InChI=1S/C13H13Cl3O4/c1-19-13(20-2)11(15)5-3-4-6-8(17)7(5)12(13,16)10(6,14)9(11)18/h3-8,17H,1-2H3/t5-,6?,7?,8+,10+,11-,12+/m0/s1. The van der Waals surface area contributed by atoms with E-state index in [1.54, 1.807) is 6.08 Å². The molecule has 0 aliphatic heterocycles. The van der Waals surface area contributed by atoms with Crippen LogP contribution in [-0.2, 0) is 14.3 Å². The summed E-state index contributed by atoms with van der Waals surface area (Å²) in [6.45, 7) is 0. The molecule has 0 amide bonds. The number of hydrogen-bond acceptors (Lipinski definition) is 4. The Labute approximate surface area is 130 Å². The Kier molecular flexibility index (Phi) is 2.34. The van der Waals surface area contributed by atoms with Crippen LogP contribution < -0.4 is 0 Å². The number of alkyl halides is 3. The molecule has 0 saturated heterocycles. The van der Waals surface area contributed by atoms with Crippen LogP contribution in [0.5, 0.6) is 0 Å². The second kappa shape index (κ2) is 3.39. The third-order valence-electron chi connectivity index (χ3n) is 5.75. The summed E-state index contributed by atoms with van der Waals surface area (Å²) in [5, 5.41) is 10.5. The van der Waals surface area contributed by atoms with Crippen LogP contribution in [0.15, 0.2) is 12.2 Å². The van der Waals surface area contributed by atoms with Crippen molar-refractivity contribution in [3.63, 3.8) is 0 Å². The molecule has 0 spiro atoms. The Morgan fingerprint density at radius 1 is 1.10 bits per heavy atom. The van der Waals surface area contributed by atoms with Gasteiger partial charge in [-0.15, -0.1) is 34.8 Å². The van der Waals surface area contributed by atoms with Gasteiger partial charge in [-0.1, -0.05) is 12.2 Å². The van der Waals surface area contributed by atoms with Crippen LogP contribution in [0.4, 0.5) is 0 Å². The quantitative estimate of drug-likeness (QED) is 0.468. The Morgan fingerprint density at radius 2 is 1.65 bits per heavy atom. The Balaban J connectivity index is 2.14. The zero-order valence-corrected chi connectivity index (χ0v) is 13.0. The van der Waals surface area contributed by atoms with E-state index in [0.29, 0.717) is 0 Å². The van der Waals surface area contributed by atoms with Gasteiger partial charge in [0.05, 0.1) is 6.10 Å². The van der Waals surface area contributed by atoms with Crippen LogP contribution in [0.3, 0.4) is 0 Å². The van der Waals surface area contributed by atoms with E-state index in [4.69, 9.17) is 44.3 Å². The number of aliphatic hydroxyl groups excluding tert-OH is 1. The van der Waals surface area contributed by atoms with Crippen LogP contribution in [0.2, 0.25) is 0 Å². The van der Waals surface area contributed by atoms with Crippen molar-refractivity contribution in [3.05, 3.63) is 12.2 Å². The lowest BCUT2D eigenvalue weighted by Gasteiger charge is -2.41. The second-order valence-corrected chi connectivity index (χ2v) is 7.73. The van der Waals surface area contributed by atoms with Gasteiger partial charge in [0.25, 0.3) is 0 Å². The topological polar surface area (TPSA) is 55.8 Å². The lowest BCUT2D eigenvalue weighted by Crippen LogP contribution is -2.59. The van der Waals surface area contributed by atoms with Gasteiger partial charge in [-0.3, -0.25) is 4.79 Å². The van der Waals surface area contributed by atoms with Crippen LogP contribution in [-0.4, -0.2) is 51.6 Å². The van der Waals surface area contributed by atoms with E-state index >= 15 is 0 Å². The summed E-state index contributed by atoms with van der Waals surface area (Å²) in [4.78, 5) is 8.51. The van der Waals surface area contributed by atoms with Crippen molar-refractivity contribution in [3.8, 4) is 0 Å². The summed E-state index contributed by atoms with van der Waals surface area (Å²) in [6, 6.07) is 0. The molecule has 4 aliphatic carbocycles. The molecule has 4 aliphatic rings. The zero-order valence-electron chi connectivity index (χ0n) is 10.8. The number of allylic oxidation sites excluding steroid dienone is 1. The number of Topliss-reactive ketones (excluding diaryl/α,β-unsaturated/α-hetero) is 1. The average Bonchev–Trinajstić information content (AvgIpc) is 2.65. The van der Waals surface area contributed by atoms with Gasteiger partial charge in [-0.05, 0) is 0 Å². The normalized spacial score (nSPS) is 60.8. The van der Waals surface area contributed by atoms with E-state index < -0.39 is 50.1 Å². The fourth-order valence-electron chi connectivity index (χ4n) is 5.13. The molecule has 0 radical (unpaired) electrons. The molecule has 4 nitrogen and oxygen atoms in total. The van der Waals surface area contributed by atoms with Gasteiger partial charge in [0.2, 0.25) is 5.79 Å². The first-order chi connectivity index (χ1) is 9.29. The number of hydrogen-bond donors (Lipinski definition) is 1. The predicted octanol–water partition coefficient (Wildman–Crippen LogP) is 1.30. The van der Waals surface area contributed by atoms with Gasteiger partial charge in [0, 0.05) is 32.0 Å². The summed E-state index contributed by atoms with van der Waals surface area (Å²) >= 11 is 20.2. The van der Waals surface area contributed by atoms with Crippen molar-refractivity contribution in [1.82, 2.24) is 0 Å². The number of aliphatic hydroxyl groups is 1. The molecular weight excluding hydrogens is 326 g/mol. The number of carbonyl (C=O) groups excluding carboxylic acids is 1. The van der Waals surface area contributed by atoms with Gasteiger partial charge in [-0.25, -0.2) is 0 Å². The van der Waals surface area contributed by atoms with Crippen molar-refractivity contribution in [2.75, 3.05) is 14.2 Å². The lowest BCUT2D eigenvalue weighted by molar-refractivity contribution is -0.223. The molecule has 3 fully saturated rings. The van der Waals surface area contributed by atoms with E-state index in [1.807, 2.05) is 6.08 Å². The van der Waals surface area contributed by atoms with E-state index in [2.05, 4.69) is 0 Å². The Bertz CT molecular complexity index is 562. The van der Waals surface area contributed by atoms with Gasteiger partial charge in [-0.2, -0.15) is 0 Å². The van der Waals surface area contributed by atoms with E-state index in [0.717, 1.165) is 0 Å². The second-order valence-electron chi connectivity index (χ2n) is 5.94. The van der Waals surface area contributed by atoms with Gasteiger partial charge in [0.15, 0.2) is 10.7 Å². The fraction of sp³-hybridized carbons (Fsp3) is 0.769. The van der Waals surface area contributed by atoms with E-state index in [-0.39, 0.29) is 0 Å². The Hall–Kier alpha value is 0.160. The van der Waals surface area contributed by atoms with Crippen molar-refractivity contribution in [1.29, 1.82) is 0 Å². The Morgan fingerprint density at radius 3 is 2.20 bits per heavy atom. The zero-order chi connectivity index (χ0) is 14.7. The molecule has 7 heteroatoms. The first-order valence-electron chi connectivity index (χ1n) is 6.37. The van der Waals surface area contributed by atoms with Crippen LogP contribution in [0, 0.1) is 17.8 Å². The summed E-state index contributed by atoms with van der Waals surface area (Å²) in [7, 11) is 2.79. The smallest absolute Gasteiger partial charge is 0.217 e. The third-order valence-corrected chi connectivity index (χ3v) is 8.04. The van der Waals surface area contributed by atoms with Crippen LogP contribution >= 0.6 is 34.8 Å². The number of fused-ring (bicyclic) bond motifs is 4. The first-order valence-corrected chi connectivity index (χ1v) is 7.50. The van der Waals surface area contributed by atoms with Gasteiger partial charge >= 0.3 is 0 Å². The fourth-order valence-corrected chi connectivity index (χ4v) is 7.27. The molecule has 1 N–H and O–H groups in total. The molecular formula is C13H13Cl3O4. The summed E-state index contributed by atoms with van der Waals surface area (Å²) in [5.41, 5.74) is 0. The molecule has 0 aromatic carbocycles. The molecule has 0 aromatic heterocycles. The minimum Gasteiger partial charge on any atom is -0.392 e. The number of ketones is 1. The molecule has 4 bridgehead atoms. The summed E-state index contributed by atoms with van der Waals surface area (Å²) in [5.74, 6) is -3.50. The maximum Gasteiger partial charge on any atom is 0.217 e. The van der Waals surface area contributed by atoms with Crippen molar-refractivity contribution in [2.45, 2.75) is 26.5 Å². The van der Waals surface area contributed by atoms with E-state index in [9.17, 15) is 9.90 Å². The first kappa shape index (κ1) is 13.8. The number of ether oxygens (including phenoxy) is 2. The summed E-state index contributed by atoms with van der Waals surface area (Å²) < 4.78 is 11.0. The van der Waals surface area contributed by atoms with Gasteiger partial charge in [0.1, 0.15) is 9.75 Å². The van der Waals surface area contributed by atoms with E-state index in [1.165, 1.54) is 14.2 Å².